The Morgan fingerprint density at radius 1 is 1.69 bits per heavy atom. The van der Waals surface area contributed by atoms with Crippen LogP contribution in [0.15, 0.2) is 12.3 Å². The first-order valence-corrected chi connectivity index (χ1v) is 5.52. The maximum atomic E-state index is 8.75. The van der Waals surface area contributed by atoms with Gasteiger partial charge < -0.3 is 10.1 Å². The lowest BCUT2D eigenvalue weighted by molar-refractivity contribution is 0.276. The van der Waals surface area contributed by atoms with Gasteiger partial charge in [-0.2, -0.15) is 5.26 Å². The second-order valence-corrected chi connectivity index (χ2v) is 4.05. The first-order chi connectivity index (χ1) is 7.79. The van der Waals surface area contributed by atoms with E-state index < -0.39 is 0 Å². The van der Waals surface area contributed by atoms with Crippen LogP contribution in [0.4, 0.5) is 0 Å². The summed E-state index contributed by atoms with van der Waals surface area (Å²) in [5.74, 6) is 0.741. The van der Waals surface area contributed by atoms with Crippen LogP contribution in [0.2, 0.25) is 0 Å². The normalized spacial score (nSPS) is 19.4. The Kier molecular flexibility index (Phi) is 3.37. The maximum absolute atomic E-state index is 8.75. The largest absolute Gasteiger partial charge is 0.490 e. The monoisotopic (exact) mass is 217 g/mol. The van der Waals surface area contributed by atoms with E-state index >= 15 is 0 Å². The highest BCUT2D eigenvalue weighted by Crippen LogP contribution is 2.15. The Morgan fingerprint density at radius 2 is 2.56 bits per heavy atom. The van der Waals surface area contributed by atoms with E-state index in [4.69, 9.17) is 10.00 Å². The molecule has 2 heterocycles. The van der Waals surface area contributed by atoms with Crippen LogP contribution >= 0.6 is 0 Å². The maximum Gasteiger partial charge on any atom is 0.143 e. The molecule has 1 aromatic heterocycles. The van der Waals surface area contributed by atoms with Crippen LogP contribution in [0.5, 0.6) is 5.75 Å². The number of ether oxygens (including phenoxy) is 1. The number of pyridine rings is 1. The molecule has 0 saturated carbocycles. The first-order valence-electron chi connectivity index (χ1n) is 5.52. The van der Waals surface area contributed by atoms with Gasteiger partial charge in [0.05, 0.1) is 6.20 Å². The number of nitrogens with zero attached hydrogens (tertiary/aromatic N) is 2. The molecule has 1 fully saturated rings. The molecule has 1 N–H and O–H groups in total. The zero-order valence-electron chi connectivity index (χ0n) is 9.36. The van der Waals surface area contributed by atoms with Gasteiger partial charge >= 0.3 is 0 Å². The van der Waals surface area contributed by atoms with Gasteiger partial charge in [-0.3, -0.25) is 0 Å². The van der Waals surface area contributed by atoms with Crippen LogP contribution in [0.1, 0.15) is 24.1 Å². The first kappa shape index (κ1) is 10.9. The van der Waals surface area contributed by atoms with E-state index in [1.54, 1.807) is 6.20 Å². The third kappa shape index (κ3) is 2.50. The smallest absolute Gasteiger partial charge is 0.143 e. The highest BCUT2D eigenvalue weighted by molar-refractivity contribution is 5.35. The Morgan fingerprint density at radius 3 is 3.19 bits per heavy atom. The molecule has 0 aromatic carbocycles. The van der Waals surface area contributed by atoms with E-state index in [9.17, 15) is 0 Å². The lowest BCUT2D eigenvalue weighted by Crippen LogP contribution is -2.28. The highest BCUT2D eigenvalue weighted by Gasteiger charge is 2.14. The quantitative estimate of drug-likeness (QED) is 0.831. The molecule has 0 spiro atoms. The van der Waals surface area contributed by atoms with Crippen molar-refractivity contribution in [3.8, 4) is 11.8 Å². The Hall–Kier alpha value is -1.60. The van der Waals surface area contributed by atoms with Crippen molar-refractivity contribution in [3.05, 3.63) is 23.5 Å². The molecule has 0 aliphatic carbocycles. The summed E-state index contributed by atoms with van der Waals surface area (Å²) < 4.78 is 5.64. The molecule has 84 valence electrons. The Balaban J connectivity index is 1.94. The van der Waals surface area contributed by atoms with E-state index in [1.807, 2.05) is 19.1 Å². The van der Waals surface area contributed by atoms with Crippen LogP contribution in [0.3, 0.4) is 0 Å². The number of nitrogens with one attached hydrogen (secondary N) is 1. The molecular formula is C12H15N3O. The second-order valence-electron chi connectivity index (χ2n) is 4.05. The van der Waals surface area contributed by atoms with E-state index in [0.717, 1.165) is 17.9 Å². The molecule has 1 aromatic rings. The average molecular weight is 217 g/mol. The summed E-state index contributed by atoms with van der Waals surface area (Å²) in [6.45, 7) is 3.62. The molecule has 0 amide bonds. The minimum absolute atomic E-state index is 0.455. The van der Waals surface area contributed by atoms with Gasteiger partial charge in [-0.05, 0) is 37.9 Å². The molecule has 1 atom stereocenters. The third-order valence-electron chi connectivity index (χ3n) is 2.77. The van der Waals surface area contributed by atoms with Gasteiger partial charge in [-0.15, -0.1) is 0 Å². The predicted octanol–water partition coefficient (Wildman–Crippen LogP) is 1.39. The van der Waals surface area contributed by atoms with Gasteiger partial charge in [0, 0.05) is 6.04 Å². The number of hydrogen-bond donors (Lipinski definition) is 1. The number of rotatable bonds is 3. The van der Waals surface area contributed by atoms with Crippen molar-refractivity contribution in [3.63, 3.8) is 0 Å². The summed E-state index contributed by atoms with van der Waals surface area (Å²) in [4.78, 5) is 4.04. The lowest BCUT2D eigenvalue weighted by Gasteiger charge is -2.12. The van der Waals surface area contributed by atoms with Crippen LogP contribution in [-0.2, 0) is 0 Å². The topological polar surface area (TPSA) is 57.9 Å². The standard InChI is InChI=1S/C12H15N3O/c1-9-5-11(7-15-12(9)6-13)16-8-10-3-2-4-14-10/h5,7,10,14H,2-4,8H2,1H3/t10-/m0/s1. The molecule has 0 radical (unpaired) electrons. The summed E-state index contributed by atoms with van der Waals surface area (Å²) in [5, 5.41) is 12.1. The fraction of sp³-hybridized carbons (Fsp3) is 0.500. The van der Waals surface area contributed by atoms with Crippen LogP contribution in [0, 0.1) is 18.3 Å². The van der Waals surface area contributed by atoms with Crippen LogP contribution in [0.25, 0.3) is 0 Å². The van der Waals surface area contributed by atoms with Gasteiger partial charge in [0.1, 0.15) is 24.1 Å². The Bertz CT molecular complexity index is 405. The summed E-state index contributed by atoms with van der Waals surface area (Å²) in [6.07, 6.45) is 4.00. The summed E-state index contributed by atoms with van der Waals surface area (Å²) in [7, 11) is 0. The van der Waals surface area contributed by atoms with Crippen molar-refractivity contribution in [1.29, 1.82) is 5.26 Å². The van der Waals surface area contributed by atoms with Gasteiger partial charge in [-0.1, -0.05) is 0 Å². The Labute approximate surface area is 95.3 Å². The molecule has 4 nitrogen and oxygen atoms in total. The molecular weight excluding hydrogens is 202 g/mol. The minimum atomic E-state index is 0.455. The van der Waals surface area contributed by atoms with Crippen molar-refractivity contribution in [2.75, 3.05) is 13.2 Å². The summed E-state index contributed by atoms with van der Waals surface area (Å²) in [6, 6.07) is 4.36. The van der Waals surface area contributed by atoms with Gasteiger partial charge in [-0.25, -0.2) is 4.98 Å². The number of aryl methyl sites for hydroxylation is 1. The van der Waals surface area contributed by atoms with E-state index in [1.165, 1.54) is 12.8 Å². The molecule has 1 aliphatic heterocycles. The van der Waals surface area contributed by atoms with Crippen molar-refractivity contribution >= 4 is 0 Å². The minimum Gasteiger partial charge on any atom is -0.490 e. The SMILES string of the molecule is Cc1cc(OC[C@@H]2CCCN2)cnc1C#N. The van der Waals surface area contributed by atoms with Gasteiger partial charge in [0.25, 0.3) is 0 Å². The average Bonchev–Trinajstić information content (AvgIpc) is 2.79. The summed E-state index contributed by atoms with van der Waals surface area (Å²) in [5.41, 5.74) is 1.32. The molecule has 2 rings (SSSR count). The molecule has 0 bridgehead atoms. The van der Waals surface area contributed by atoms with Crippen molar-refractivity contribution in [2.45, 2.75) is 25.8 Å². The lowest BCUT2D eigenvalue weighted by atomic mass is 10.2. The predicted molar refractivity (Wildman–Crippen MR) is 60.2 cm³/mol. The number of nitriles is 1. The van der Waals surface area contributed by atoms with Crippen molar-refractivity contribution in [1.82, 2.24) is 10.3 Å². The molecule has 1 saturated heterocycles. The zero-order chi connectivity index (χ0) is 11.4. The number of aromatic nitrogens is 1. The van der Waals surface area contributed by atoms with Crippen molar-refractivity contribution in [2.24, 2.45) is 0 Å². The fourth-order valence-corrected chi connectivity index (χ4v) is 1.84. The highest BCUT2D eigenvalue weighted by atomic mass is 16.5. The second kappa shape index (κ2) is 4.95. The summed E-state index contributed by atoms with van der Waals surface area (Å²) >= 11 is 0. The number of hydrogen-bond acceptors (Lipinski definition) is 4. The van der Waals surface area contributed by atoms with Crippen molar-refractivity contribution < 1.29 is 4.74 Å². The van der Waals surface area contributed by atoms with Crippen LogP contribution in [-0.4, -0.2) is 24.2 Å². The van der Waals surface area contributed by atoms with Crippen LogP contribution < -0.4 is 10.1 Å². The fourth-order valence-electron chi connectivity index (χ4n) is 1.84. The third-order valence-corrected chi connectivity index (χ3v) is 2.77. The van der Waals surface area contributed by atoms with E-state index in [2.05, 4.69) is 10.3 Å². The van der Waals surface area contributed by atoms with Gasteiger partial charge in [0.15, 0.2) is 0 Å². The molecule has 4 heteroatoms. The van der Waals surface area contributed by atoms with E-state index in [-0.39, 0.29) is 0 Å². The van der Waals surface area contributed by atoms with Gasteiger partial charge in [0.2, 0.25) is 0 Å². The molecule has 1 aliphatic rings. The van der Waals surface area contributed by atoms with E-state index in [0.29, 0.717) is 18.3 Å². The molecule has 16 heavy (non-hydrogen) atoms. The zero-order valence-corrected chi connectivity index (χ0v) is 9.36. The molecule has 0 unspecified atom stereocenters.